The molecule has 0 amide bonds. The van der Waals surface area contributed by atoms with Crippen LogP contribution in [0.3, 0.4) is 0 Å². The first-order chi connectivity index (χ1) is 14.8. The second-order valence-corrected chi connectivity index (χ2v) is 8.99. The Hall–Kier alpha value is -2.35. The van der Waals surface area contributed by atoms with E-state index in [1.54, 1.807) is 11.3 Å². The molecule has 1 fully saturated rings. The molecular formula is C23H27N5OS. The number of hydrogen-bond acceptors (Lipinski definition) is 7. The van der Waals surface area contributed by atoms with Crippen molar-refractivity contribution in [3.8, 4) is 11.4 Å². The molecule has 30 heavy (non-hydrogen) atoms. The van der Waals surface area contributed by atoms with Crippen LogP contribution in [0.4, 0.5) is 5.82 Å². The minimum absolute atomic E-state index is 0.130. The molecule has 2 aliphatic rings. The predicted octanol–water partition coefficient (Wildman–Crippen LogP) is 3.48. The average molecular weight is 422 g/mol. The Morgan fingerprint density at radius 2 is 1.93 bits per heavy atom. The van der Waals surface area contributed by atoms with Crippen molar-refractivity contribution in [3.63, 3.8) is 0 Å². The molecule has 0 saturated carbocycles. The highest BCUT2D eigenvalue weighted by molar-refractivity contribution is 7.07. The quantitative estimate of drug-likeness (QED) is 0.635. The van der Waals surface area contributed by atoms with Gasteiger partial charge in [-0.15, -0.1) is 11.3 Å². The Kier molecular flexibility index (Phi) is 5.50. The van der Waals surface area contributed by atoms with E-state index in [1.165, 1.54) is 11.3 Å². The summed E-state index contributed by atoms with van der Waals surface area (Å²) in [6.07, 6.45) is 4.34. The number of β-amino-alcohol motifs (C(OH)–C–C–N with tert-alkyl or cyclic N) is 1. The Morgan fingerprint density at radius 3 is 2.67 bits per heavy atom. The third kappa shape index (κ3) is 3.73. The van der Waals surface area contributed by atoms with Crippen molar-refractivity contribution < 1.29 is 5.11 Å². The van der Waals surface area contributed by atoms with Crippen molar-refractivity contribution >= 4 is 17.2 Å². The standard InChI is InChI=1S/C23H27N5OS/c29-13-12-28-10-8-23(9-11-28)7-6-19-20(23)26-21(17-4-2-1-3-5-17)27-22(19)24-14-18-15-30-16-25-18/h1-5,15-16,29H,6-14H2,(H,24,26,27). The smallest absolute Gasteiger partial charge is 0.161 e. The van der Waals surface area contributed by atoms with Gasteiger partial charge in [-0.1, -0.05) is 30.3 Å². The molecule has 3 heterocycles. The molecule has 1 spiro atoms. The highest BCUT2D eigenvalue weighted by Crippen LogP contribution is 2.47. The summed E-state index contributed by atoms with van der Waals surface area (Å²) in [6.45, 7) is 3.72. The van der Waals surface area contributed by atoms with Crippen LogP contribution in [0.1, 0.15) is 36.2 Å². The number of thiazole rings is 1. The van der Waals surface area contributed by atoms with Gasteiger partial charge in [0.2, 0.25) is 0 Å². The van der Waals surface area contributed by atoms with Crippen molar-refractivity contribution in [2.45, 2.75) is 37.6 Å². The van der Waals surface area contributed by atoms with E-state index in [4.69, 9.17) is 9.97 Å². The summed E-state index contributed by atoms with van der Waals surface area (Å²) in [6, 6.07) is 10.3. The summed E-state index contributed by atoms with van der Waals surface area (Å²) < 4.78 is 0. The molecule has 1 aliphatic heterocycles. The summed E-state index contributed by atoms with van der Waals surface area (Å²) in [4.78, 5) is 16.9. The topological polar surface area (TPSA) is 74.2 Å². The first-order valence-corrected chi connectivity index (χ1v) is 11.6. The molecule has 6 nitrogen and oxygen atoms in total. The molecule has 0 bridgehead atoms. The molecule has 1 saturated heterocycles. The first kappa shape index (κ1) is 19.6. The van der Waals surface area contributed by atoms with E-state index < -0.39 is 0 Å². The highest BCUT2D eigenvalue weighted by Gasteiger charge is 2.44. The van der Waals surface area contributed by atoms with Crippen LogP contribution in [-0.4, -0.2) is 51.2 Å². The number of aliphatic hydroxyl groups is 1. The van der Waals surface area contributed by atoms with Crippen molar-refractivity contribution in [3.05, 3.63) is 58.2 Å². The number of aromatic nitrogens is 3. The maximum Gasteiger partial charge on any atom is 0.161 e. The van der Waals surface area contributed by atoms with Gasteiger partial charge in [0, 0.05) is 28.5 Å². The summed E-state index contributed by atoms with van der Waals surface area (Å²) in [5.41, 5.74) is 6.60. The van der Waals surface area contributed by atoms with Crippen LogP contribution < -0.4 is 5.32 Å². The average Bonchev–Trinajstić information content (AvgIpc) is 3.43. The van der Waals surface area contributed by atoms with Gasteiger partial charge in [-0.05, 0) is 38.8 Å². The zero-order valence-electron chi connectivity index (χ0n) is 17.0. The van der Waals surface area contributed by atoms with Crippen LogP contribution in [0.15, 0.2) is 41.2 Å². The van der Waals surface area contributed by atoms with E-state index in [0.29, 0.717) is 6.54 Å². The van der Waals surface area contributed by atoms with Gasteiger partial charge in [0.1, 0.15) is 5.82 Å². The Balaban J connectivity index is 1.50. The van der Waals surface area contributed by atoms with Gasteiger partial charge in [-0.25, -0.2) is 15.0 Å². The number of nitrogens with one attached hydrogen (secondary N) is 1. The lowest BCUT2D eigenvalue weighted by atomic mass is 9.76. The van der Waals surface area contributed by atoms with Gasteiger partial charge in [-0.2, -0.15) is 0 Å². The molecule has 2 aromatic heterocycles. The number of nitrogens with zero attached hydrogens (tertiary/aromatic N) is 4. The maximum absolute atomic E-state index is 9.29. The van der Waals surface area contributed by atoms with E-state index in [1.807, 2.05) is 23.7 Å². The number of aliphatic hydroxyl groups excluding tert-OH is 1. The molecule has 0 atom stereocenters. The van der Waals surface area contributed by atoms with Gasteiger partial charge in [0.25, 0.3) is 0 Å². The number of benzene rings is 1. The maximum atomic E-state index is 9.29. The van der Waals surface area contributed by atoms with E-state index in [9.17, 15) is 5.11 Å². The van der Waals surface area contributed by atoms with E-state index >= 15 is 0 Å². The molecule has 0 radical (unpaired) electrons. The molecule has 156 valence electrons. The molecule has 2 N–H and O–H groups in total. The van der Waals surface area contributed by atoms with E-state index in [0.717, 1.165) is 68.2 Å². The van der Waals surface area contributed by atoms with Crippen LogP contribution >= 0.6 is 11.3 Å². The van der Waals surface area contributed by atoms with E-state index in [2.05, 4.69) is 32.7 Å². The molecule has 1 aliphatic carbocycles. The van der Waals surface area contributed by atoms with E-state index in [-0.39, 0.29) is 12.0 Å². The summed E-state index contributed by atoms with van der Waals surface area (Å²) >= 11 is 1.62. The Bertz CT molecular complexity index is 984. The third-order valence-electron chi connectivity index (χ3n) is 6.54. The van der Waals surface area contributed by atoms with Crippen LogP contribution in [0, 0.1) is 0 Å². The van der Waals surface area contributed by atoms with Crippen LogP contribution in [-0.2, 0) is 18.4 Å². The fourth-order valence-electron chi connectivity index (χ4n) is 4.84. The zero-order valence-corrected chi connectivity index (χ0v) is 17.9. The lowest BCUT2D eigenvalue weighted by Crippen LogP contribution is -2.43. The van der Waals surface area contributed by atoms with Crippen molar-refractivity contribution in [2.75, 3.05) is 31.6 Å². The SMILES string of the molecule is OCCN1CCC2(CCc3c(NCc4cscn4)nc(-c4ccccc4)nc32)CC1. The lowest BCUT2D eigenvalue weighted by Gasteiger charge is -2.39. The summed E-state index contributed by atoms with van der Waals surface area (Å²) in [7, 11) is 0. The second-order valence-electron chi connectivity index (χ2n) is 8.27. The number of likely N-dealkylation sites (tertiary alicyclic amines) is 1. The van der Waals surface area contributed by atoms with Crippen LogP contribution in [0.25, 0.3) is 11.4 Å². The first-order valence-electron chi connectivity index (χ1n) is 10.7. The minimum Gasteiger partial charge on any atom is -0.395 e. The van der Waals surface area contributed by atoms with Gasteiger partial charge < -0.3 is 15.3 Å². The van der Waals surface area contributed by atoms with Gasteiger partial charge in [0.15, 0.2) is 5.82 Å². The normalized spacial score (nSPS) is 17.9. The number of rotatable bonds is 6. The minimum atomic E-state index is 0.130. The van der Waals surface area contributed by atoms with Crippen molar-refractivity contribution in [1.82, 2.24) is 19.9 Å². The van der Waals surface area contributed by atoms with Crippen LogP contribution in [0.2, 0.25) is 0 Å². The molecule has 5 rings (SSSR count). The Labute approximate surface area is 181 Å². The monoisotopic (exact) mass is 421 g/mol. The number of anilines is 1. The number of hydrogen-bond donors (Lipinski definition) is 2. The largest absolute Gasteiger partial charge is 0.395 e. The molecule has 1 aromatic carbocycles. The Morgan fingerprint density at radius 1 is 1.10 bits per heavy atom. The third-order valence-corrected chi connectivity index (χ3v) is 7.18. The molecular weight excluding hydrogens is 394 g/mol. The molecule has 0 unspecified atom stereocenters. The van der Waals surface area contributed by atoms with Gasteiger partial charge >= 0.3 is 0 Å². The van der Waals surface area contributed by atoms with Crippen LogP contribution in [0.5, 0.6) is 0 Å². The second kappa shape index (κ2) is 8.41. The van der Waals surface area contributed by atoms with Crippen molar-refractivity contribution in [2.24, 2.45) is 0 Å². The van der Waals surface area contributed by atoms with Gasteiger partial charge in [0.05, 0.1) is 30.1 Å². The highest BCUT2D eigenvalue weighted by atomic mass is 32.1. The lowest BCUT2D eigenvalue weighted by molar-refractivity contribution is 0.129. The molecule has 3 aromatic rings. The fraction of sp³-hybridized carbons (Fsp3) is 0.435. The summed E-state index contributed by atoms with van der Waals surface area (Å²) in [5, 5.41) is 14.9. The fourth-order valence-corrected chi connectivity index (χ4v) is 5.40. The molecule has 7 heteroatoms. The zero-order chi connectivity index (χ0) is 20.4. The van der Waals surface area contributed by atoms with Gasteiger partial charge in [-0.3, -0.25) is 0 Å². The van der Waals surface area contributed by atoms with Crippen molar-refractivity contribution in [1.29, 1.82) is 0 Å². The summed E-state index contributed by atoms with van der Waals surface area (Å²) in [5.74, 6) is 1.76. The predicted molar refractivity (Wildman–Crippen MR) is 120 cm³/mol. The number of piperidine rings is 1. The number of fused-ring (bicyclic) bond motifs is 2.